The Morgan fingerprint density at radius 2 is 2.33 bits per heavy atom. The smallest absolute Gasteiger partial charge is 0.163 e. The van der Waals surface area contributed by atoms with Gasteiger partial charge in [0, 0.05) is 19.3 Å². The quantitative estimate of drug-likeness (QED) is 0.617. The van der Waals surface area contributed by atoms with Gasteiger partial charge in [0.05, 0.1) is 5.69 Å². The molecule has 0 aromatic carbocycles. The Balaban J connectivity index is 2.35. The van der Waals surface area contributed by atoms with Crippen LogP contribution in [0, 0.1) is 11.3 Å². The van der Waals surface area contributed by atoms with Gasteiger partial charge < -0.3 is 4.90 Å². The molecule has 0 amide bonds. The van der Waals surface area contributed by atoms with Crippen molar-refractivity contribution in [1.29, 1.82) is 5.26 Å². The second-order valence-electron chi connectivity index (χ2n) is 2.82. The predicted molar refractivity (Wildman–Crippen MR) is 45.8 cm³/mol. The van der Waals surface area contributed by atoms with Crippen LogP contribution in [-0.4, -0.2) is 18.1 Å². The summed E-state index contributed by atoms with van der Waals surface area (Å²) in [5, 5.41) is 8.75. The van der Waals surface area contributed by atoms with Crippen LogP contribution in [0.1, 0.15) is 12.1 Å². The van der Waals surface area contributed by atoms with Gasteiger partial charge >= 0.3 is 0 Å². The van der Waals surface area contributed by atoms with E-state index in [0.717, 1.165) is 18.8 Å². The van der Waals surface area contributed by atoms with E-state index in [-0.39, 0.29) is 0 Å². The molecule has 1 fully saturated rings. The van der Waals surface area contributed by atoms with Crippen molar-refractivity contribution in [1.82, 2.24) is 4.98 Å². The number of pyridine rings is 1. The van der Waals surface area contributed by atoms with Crippen molar-refractivity contribution in [3.05, 3.63) is 24.0 Å². The number of nitrogens with zero attached hydrogens (tertiary/aromatic N) is 3. The summed E-state index contributed by atoms with van der Waals surface area (Å²) in [6, 6.07) is 5.91. The molecule has 1 aliphatic rings. The van der Waals surface area contributed by atoms with Crippen LogP contribution in [0.3, 0.4) is 0 Å². The fraction of sp³-hybridized carbons (Fsp3) is 0.333. The first-order valence-electron chi connectivity index (χ1n) is 4.02. The molecule has 0 aliphatic carbocycles. The standard InChI is InChI=1S/C9H9N3/c10-7-8-9(3-1-4-11-8)12-5-2-6-12/h1,3-4H,2,5-6H2. The first-order valence-corrected chi connectivity index (χ1v) is 4.02. The summed E-state index contributed by atoms with van der Waals surface area (Å²) in [6.45, 7) is 2.11. The highest BCUT2D eigenvalue weighted by Gasteiger charge is 2.17. The van der Waals surface area contributed by atoms with Crippen molar-refractivity contribution in [2.45, 2.75) is 6.42 Å². The Kier molecular flexibility index (Phi) is 1.67. The molecule has 0 N–H and O–H groups in total. The zero-order valence-electron chi connectivity index (χ0n) is 6.70. The minimum Gasteiger partial charge on any atom is -0.369 e. The van der Waals surface area contributed by atoms with Crippen LogP contribution in [-0.2, 0) is 0 Å². The normalized spacial score (nSPS) is 15.1. The van der Waals surface area contributed by atoms with Crippen molar-refractivity contribution in [3.8, 4) is 6.07 Å². The highest BCUT2D eigenvalue weighted by Crippen LogP contribution is 2.22. The molecule has 0 spiro atoms. The van der Waals surface area contributed by atoms with Gasteiger partial charge in [-0.2, -0.15) is 5.26 Å². The average Bonchev–Trinajstić information content (AvgIpc) is 2.02. The SMILES string of the molecule is N#Cc1ncccc1N1CCC1. The van der Waals surface area contributed by atoms with E-state index >= 15 is 0 Å². The first-order chi connectivity index (χ1) is 5.92. The maximum absolute atomic E-state index is 8.75. The highest BCUT2D eigenvalue weighted by atomic mass is 15.2. The summed E-state index contributed by atoms with van der Waals surface area (Å²) in [5.74, 6) is 0. The number of nitriles is 1. The van der Waals surface area contributed by atoms with Gasteiger partial charge in [0.2, 0.25) is 0 Å². The molecule has 0 bridgehead atoms. The molecule has 3 heteroatoms. The summed E-state index contributed by atoms with van der Waals surface area (Å²) in [7, 11) is 0. The fourth-order valence-corrected chi connectivity index (χ4v) is 1.30. The van der Waals surface area contributed by atoms with E-state index in [0.29, 0.717) is 5.69 Å². The Bertz CT molecular complexity index is 323. The Morgan fingerprint density at radius 3 is 2.92 bits per heavy atom. The largest absolute Gasteiger partial charge is 0.369 e. The van der Waals surface area contributed by atoms with E-state index in [4.69, 9.17) is 5.26 Å². The maximum Gasteiger partial charge on any atom is 0.163 e. The third kappa shape index (κ3) is 1.02. The summed E-state index contributed by atoms with van der Waals surface area (Å²) >= 11 is 0. The van der Waals surface area contributed by atoms with Crippen LogP contribution in [0.4, 0.5) is 5.69 Å². The van der Waals surface area contributed by atoms with Crippen molar-refractivity contribution in [2.24, 2.45) is 0 Å². The Hall–Kier alpha value is -1.56. The lowest BCUT2D eigenvalue weighted by Crippen LogP contribution is -2.37. The van der Waals surface area contributed by atoms with E-state index in [1.807, 2.05) is 12.1 Å². The third-order valence-electron chi connectivity index (χ3n) is 2.09. The molecule has 1 aliphatic heterocycles. The lowest BCUT2D eigenvalue weighted by molar-refractivity contribution is 0.616. The third-order valence-corrected chi connectivity index (χ3v) is 2.09. The van der Waals surface area contributed by atoms with Crippen LogP contribution in [0.5, 0.6) is 0 Å². The Labute approximate surface area is 71.3 Å². The van der Waals surface area contributed by atoms with Crippen molar-refractivity contribution >= 4 is 5.69 Å². The van der Waals surface area contributed by atoms with Gasteiger partial charge in [-0.1, -0.05) is 0 Å². The van der Waals surface area contributed by atoms with Gasteiger partial charge in [-0.25, -0.2) is 4.98 Å². The zero-order valence-corrected chi connectivity index (χ0v) is 6.70. The summed E-state index contributed by atoms with van der Waals surface area (Å²) in [4.78, 5) is 6.17. The van der Waals surface area contributed by atoms with Crippen molar-refractivity contribution in [3.63, 3.8) is 0 Å². The zero-order chi connectivity index (χ0) is 8.39. The van der Waals surface area contributed by atoms with Crippen LogP contribution >= 0.6 is 0 Å². The molecule has 0 saturated carbocycles. The van der Waals surface area contributed by atoms with Gasteiger partial charge in [-0.15, -0.1) is 0 Å². The first kappa shape index (κ1) is 7.11. The van der Waals surface area contributed by atoms with Gasteiger partial charge in [-0.3, -0.25) is 0 Å². The van der Waals surface area contributed by atoms with E-state index in [2.05, 4.69) is 16.0 Å². The topological polar surface area (TPSA) is 39.9 Å². The highest BCUT2D eigenvalue weighted by molar-refractivity contribution is 5.56. The van der Waals surface area contributed by atoms with Crippen LogP contribution < -0.4 is 4.90 Å². The molecule has 2 rings (SSSR count). The van der Waals surface area contributed by atoms with Gasteiger partial charge in [0.15, 0.2) is 5.69 Å². The maximum atomic E-state index is 8.75. The second-order valence-corrected chi connectivity index (χ2v) is 2.82. The molecule has 0 atom stereocenters. The van der Waals surface area contributed by atoms with Crippen LogP contribution in [0.2, 0.25) is 0 Å². The monoisotopic (exact) mass is 159 g/mol. The van der Waals surface area contributed by atoms with Crippen LogP contribution in [0.15, 0.2) is 18.3 Å². The molecule has 12 heavy (non-hydrogen) atoms. The van der Waals surface area contributed by atoms with Crippen molar-refractivity contribution < 1.29 is 0 Å². The second kappa shape index (κ2) is 2.82. The molecular formula is C9H9N3. The molecule has 0 radical (unpaired) electrons. The molecule has 0 unspecified atom stereocenters. The predicted octanol–water partition coefficient (Wildman–Crippen LogP) is 1.16. The minimum absolute atomic E-state index is 0.539. The summed E-state index contributed by atoms with van der Waals surface area (Å²) in [5.41, 5.74) is 1.52. The van der Waals surface area contributed by atoms with Crippen LogP contribution in [0.25, 0.3) is 0 Å². The minimum atomic E-state index is 0.539. The number of hydrogen-bond donors (Lipinski definition) is 0. The molecule has 1 saturated heterocycles. The number of rotatable bonds is 1. The molecule has 60 valence electrons. The number of hydrogen-bond acceptors (Lipinski definition) is 3. The van der Waals surface area contributed by atoms with Gasteiger partial charge in [-0.05, 0) is 18.6 Å². The molecule has 3 nitrogen and oxygen atoms in total. The number of anilines is 1. The van der Waals surface area contributed by atoms with Gasteiger partial charge in [0.25, 0.3) is 0 Å². The Morgan fingerprint density at radius 1 is 1.50 bits per heavy atom. The van der Waals surface area contributed by atoms with E-state index in [9.17, 15) is 0 Å². The summed E-state index contributed by atoms with van der Waals surface area (Å²) < 4.78 is 0. The average molecular weight is 159 g/mol. The van der Waals surface area contributed by atoms with E-state index in [1.165, 1.54) is 6.42 Å². The van der Waals surface area contributed by atoms with Crippen molar-refractivity contribution in [2.75, 3.05) is 18.0 Å². The molecule has 2 heterocycles. The molecular weight excluding hydrogens is 150 g/mol. The fourth-order valence-electron chi connectivity index (χ4n) is 1.30. The molecule has 1 aromatic heterocycles. The molecule has 1 aromatic rings. The number of aromatic nitrogens is 1. The summed E-state index contributed by atoms with van der Waals surface area (Å²) in [6.07, 6.45) is 2.88. The van der Waals surface area contributed by atoms with E-state index in [1.54, 1.807) is 6.20 Å². The van der Waals surface area contributed by atoms with E-state index < -0.39 is 0 Å². The lowest BCUT2D eigenvalue weighted by Gasteiger charge is -2.33. The lowest BCUT2D eigenvalue weighted by atomic mass is 10.1. The van der Waals surface area contributed by atoms with Gasteiger partial charge in [0.1, 0.15) is 6.07 Å².